The molecule has 178 valence electrons. The number of hydrogen-bond acceptors (Lipinski definition) is 5. The quantitative estimate of drug-likeness (QED) is 0.508. The lowest BCUT2D eigenvalue weighted by atomic mass is 10.0. The molecule has 1 atom stereocenters. The van der Waals surface area contributed by atoms with Crippen LogP contribution in [0, 0.1) is 0 Å². The molecule has 3 N–H and O–H groups in total. The van der Waals surface area contributed by atoms with Gasteiger partial charge in [-0.1, -0.05) is 48.5 Å². The molecule has 0 aromatic heterocycles. The zero-order chi connectivity index (χ0) is 24.9. The van der Waals surface area contributed by atoms with Crippen LogP contribution in [-0.2, 0) is 14.3 Å². The van der Waals surface area contributed by atoms with Crippen molar-refractivity contribution in [1.29, 1.82) is 0 Å². The van der Waals surface area contributed by atoms with Gasteiger partial charge >= 0.3 is 6.09 Å². The summed E-state index contributed by atoms with van der Waals surface area (Å²) < 4.78 is 5.15. The number of benzene rings is 3. The number of para-hydroxylation sites is 1. The Kier molecular flexibility index (Phi) is 7.40. The fourth-order valence-electron chi connectivity index (χ4n) is 3.45. The number of phenols is 1. The number of phenolic OH excluding ortho intramolecular Hbond substituents is 1. The van der Waals surface area contributed by atoms with E-state index in [0.717, 1.165) is 10.8 Å². The lowest BCUT2D eigenvalue weighted by Crippen LogP contribution is -2.44. The summed E-state index contributed by atoms with van der Waals surface area (Å²) in [5.41, 5.74) is 0.0997. The van der Waals surface area contributed by atoms with E-state index >= 15 is 0 Å². The van der Waals surface area contributed by atoms with Crippen molar-refractivity contribution in [3.8, 4) is 5.75 Å². The molecule has 0 radical (unpaired) electrons. The Morgan fingerprint density at radius 3 is 2.29 bits per heavy atom. The average Bonchev–Trinajstić information content (AvgIpc) is 2.77. The van der Waals surface area contributed by atoms with Crippen LogP contribution in [-0.4, -0.2) is 47.1 Å². The average molecular weight is 464 g/mol. The maximum Gasteiger partial charge on any atom is 0.408 e. The van der Waals surface area contributed by atoms with Crippen LogP contribution in [0.4, 0.5) is 10.5 Å². The minimum Gasteiger partial charge on any atom is -0.508 e. The molecule has 3 rings (SSSR count). The van der Waals surface area contributed by atoms with Crippen molar-refractivity contribution in [3.05, 3.63) is 72.3 Å². The molecular weight excluding hydrogens is 434 g/mol. The van der Waals surface area contributed by atoms with Crippen molar-refractivity contribution in [2.75, 3.05) is 18.9 Å². The minimum atomic E-state index is -1.14. The molecule has 0 heterocycles. The summed E-state index contributed by atoms with van der Waals surface area (Å²) in [5.74, 6) is -1.17. The molecule has 0 saturated carbocycles. The van der Waals surface area contributed by atoms with Gasteiger partial charge in [-0.2, -0.15) is 0 Å². The molecule has 0 fully saturated rings. The van der Waals surface area contributed by atoms with Crippen LogP contribution in [0.2, 0.25) is 0 Å². The van der Waals surface area contributed by atoms with E-state index < -0.39 is 29.6 Å². The van der Waals surface area contributed by atoms with Gasteiger partial charge in [0.1, 0.15) is 23.9 Å². The first-order chi connectivity index (χ1) is 16.0. The van der Waals surface area contributed by atoms with Gasteiger partial charge in [0, 0.05) is 18.3 Å². The van der Waals surface area contributed by atoms with Crippen molar-refractivity contribution < 1.29 is 24.2 Å². The van der Waals surface area contributed by atoms with Crippen LogP contribution in [0.15, 0.2) is 66.7 Å². The normalized spacial score (nSPS) is 12.0. The number of nitrogens with one attached hydrogen (secondary N) is 2. The summed E-state index contributed by atoms with van der Waals surface area (Å²) >= 11 is 0. The Bertz CT molecular complexity index is 1200. The van der Waals surface area contributed by atoms with Gasteiger partial charge in [0.2, 0.25) is 5.91 Å². The highest BCUT2D eigenvalue weighted by molar-refractivity contribution is 6.00. The second kappa shape index (κ2) is 10.2. The van der Waals surface area contributed by atoms with Gasteiger partial charge in [-0.15, -0.1) is 0 Å². The Balaban J connectivity index is 1.81. The van der Waals surface area contributed by atoms with Gasteiger partial charge in [-0.25, -0.2) is 4.79 Å². The summed E-state index contributed by atoms with van der Waals surface area (Å²) in [6.45, 7) is 4.77. The van der Waals surface area contributed by atoms with E-state index in [0.29, 0.717) is 5.69 Å². The van der Waals surface area contributed by atoms with Crippen molar-refractivity contribution in [3.63, 3.8) is 0 Å². The number of hydrogen-bond donors (Lipinski definition) is 3. The van der Waals surface area contributed by atoms with Crippen molar-refractivity contribution in [1.82, 2.24) is 10.2 Å². The van der Waals surface area contributed by atoms with Crippen LogP contribution in [0.1, 0.15) is 32.4 Å². The number of carbonyl (C=O) groups is 3. The molecule has 0 aliphatic carbocycles. The van der Waals surface area contributed by atoms with E-state index in [1.165, 1.54) is 18.0 Å². The van der Waals surface area contributed by atoms with Gasteiger partial charge in [0.05, 0.1) is 0 Å². The van der Waals surface area contributed by atoms with Crippen molar-refractivity contribution in [2.24, 2.45) is 0 Å². The zero-order valence-electron chi connectivity index (χ0n) is 19.7. The topological polar surface area (TPSA) is 108 Å². The number of aromatic hydroxyl groups is 1. The monoisotopic (exact) mass is 463 g/mol. The number of anilines is 1. The van der Waals surface area contributed by atoms with E-state index in [1.807, 2.05) is 36.4 Å². The van der Waals surface area contributed by atoms with Crippen LogP contribution in [0.3, 0.4) is 0 Å². The van der Waals surface area contributed by atoms with Crippen LogP contribution < -0.4 is 10.6 Å². The number of carbonyl (C=O) groups excluding carboxylic acids is 3. The molecule has 3 amide bonds. The van der Waals surface area contributed by atoms with E-state index in [1.54, 1.807) is 45.0 Å². The Hall–Kier alpha value is -4.07. The highest BCUT2D eigenvalue weighted by atomic mass is 16.6. The molecule has 3 aromatic carbocycles. The summed E-state index contributed by atoms with van der Waals surface area (Å²) in [6.07, 6.45) is -0.742. The smallest absolute Gasteiger partial charge is 0.408 e. The highest BCUT2D eigenvalue weighted by Crippen LogP contribution is 2.29. The number of fused-ring (bicyclic) bond motifs is 1. The summed E-state index contributed by atoms with van der Waals surface area (Å²) in [4.78, 5) is 39.3. The predicted molar refractivity (Wildman–Crippen MR) is 130 cm³/mol. The molecule has 0 spiro atoms. The summed E-state index contributed by atoms with van der Waals surface area (Å²) in [7, 11) is 1.44. The molecule has 8 heteroatoms. The third kappa shape index (κ3) is 6.25. The van der Waals surface area contributed by atoms with Crippen LogP contribution in [0.5, 0.6) is 5.75 Å². The molecule has 0 saturated heterocycles. The highest BCUT2D eigenvalue weighted by Gasteiger charge is 2.31. The Morgan fingerprint density at radius 2 is 1.62 bits per heavy atom. The predicted octanol–water partition coefficient (Wildman–Crippen LogP) is 4.21. The molecule has 34 heavy (non-hydrogen) atoms. The fourth-order valence-corrected chi connectivity index (χ4v) is 3.45. The Labute approximate surface area is 198 Å². The standard InChI is InChI=1S/C26H29N3O5/c1-26(2,3)34-25(33)27-16-22(31)29(4)23(20-11-7-8-12-21(20)30)24(32)28-19-14-13-17-9-5-6-10-18(17)15-19/h5-15,23,30H,16H2,1-4H3,(H,27,33)(H,28,32). The maximum atomic E-state index is 13.3. The second-order valence-electron chi connectivity index (χ2n) is 8.87. The number of nitrogens with zero attached hydrogens (tertiary/aromatic N) is 1. The SMILES string of the molecule is CN(C(=O)CNC(=O)OC(C)(C)C)C(C(=O)Nc1ccc2ccccc2c1)c1ccccc1O. The van der Waals surface area contributed by atoms with E-state index in [-0.39, 0.29) is 17.9 Å². The minimum absolute atomic E-state index is 0.124. The molecule has 0 bridgehead atoms. The molecule has 1 unspecified atom stereocenters. The van der Waals surface area contributed by atoms with Crippen molar-refractivity contribution in [2.45, 2.75) is 32.4 Å². The largest absolute Gasteiger partial charge is 0.508 e. The van der Waals surface area contributed by atoms with E-state index in [2.05, 4.69) is 10.6 Å². The van der Waals surface area contributed by atoms with Gasteiger partial charge in [-0.05, 0) is 49.7 Å². The second-order valence-corrected chi connectivity index (χ2v) is 8.87. The van der Waals surface area contributed by atoms with Gasteiger partial charge < -0.3 is 25.4 Å². The molecular formula is C26H29N3O5. The van der Waals surface area contributed by atoms with Gasteiger partial charge in [-0.3, -0.25) is 9.59 Å². The molecule has 0 aliphatic heterocycles. The van der Waals surface area contributed by atoms with Crippen LogP contribution >= 0.6 is 0 Å². The van der Waals surface area contributed by atoms with E-state index in [9.17, 15) is 19.5 Å². The maximum absolute atomic E-state index is 13.3. The molecule has 8 nitrogen and oxygen atoms in total. The van der Waals surface area contributed by atoms with Gasteiger partial charge in [0.15, 0.2) is 0 Å². The lowest BCUT2D eigenvalue weighted by Gasteiger charge is -2.28. The van der Waals surface area contributed by atoms with E-state index in [4.69, 9.17) is 4.74 Å². The van der Waals surface area contributed by atoms with Crippen molar-refractivity contribution >= 4 is 34.4 Å². The number of likely N-dealkylation sites (N-methyl/N-ethyl adjacent to an activating group) is 1. The number of ether oxygens (including phenoxy) is 1. The fraction of sp³-hybridized carbons (Fsp3) is 0.269. The number of amides is 3. The summed E-state index contributed by atoms with van der Waals surface area (Å²) in [5, 5.41) is 17.6. The van der Waals surface area contributed by atoms with Crippen LogP contribution in [0.25, 0.3) is 10.8 Å². The third-order valence-electron chi connectivity index (χ3n) is 5.06. The number of alkyl carbamates (subject to hydrolysis) is 1. The Morgan fingerprint density at radius 1 is 0.971 bits per heavy atom. The summed E-state index contributed by atoms with van der Waals surface area (Å²) in [6, 6.07) is 18.4. The first-order valence-electron chi connectivity index (χ1n) is 10.9. The van der Waals surface area contributed by atoms with Gasteiger partial charge in [0.25, 0.3) is 5.91 Å². The molecule has 3 aromatic rings. The molecule has 0 aliphatic rings. The third-order valence-corrected chi connectivity index (χ3v) is 5.06. The number of rotatable bonds is 6. The first kappa shape index (κ1) is 24.6. The first-order valence-corrected chi connectivity index (χ1v) is 10.9. The zero-order valence-corrected chi connectivity index (χ0v) is 19.7. The lowest BCUT2D eigenvalue weighted by molar-refractivity contribution is -0.136.